The summed E-state index contributed by atoms with van der Waals surface area (Å²) in [5, 5.41) is 0. The molecule has 0 bridgehead atoms. The Bertz CT molecular complexity index is 2070. The molecule has 9 rings (SSSR count). The van der Waals surface area contributed by atoms with Crippen LogP contribution in [-0.2, 0) is 22.6 Å². The molecule has 0 N–H and O–H groups in total. The average molecular weight is 702 g/mol. The smallest absolute Gasteiger partial charge is 0.329 e. The van der Waals surface area contributed by atoms with Crippen molar-refractivity contribution in [3.05, 3.63) is 99.6 Å². The van der Waals surface area contributed by atoms with Crippen LogP contribution in [0.1, 0.15) is 66.1 Å². The zero-order valence-electron chi connectivity index (χ0n) is 29.8. The van der Waals surface area contributed by atoms with Crippen LogP contribution in [0.15, 0.2) is 77.2 Å². The van der Waals surface area contributed by atoms with Crippen molar-refractivity contribution in [3.63, 3.8) is 0 Å². The zero-order chi connectivity index (χ0) is 35.2. The van der Waals surface area contributed by atoms with Gasteiger partial charge < -0.3 is 9.64 Å². The van der Waals surface area contributed by atoms with E-state index in [2.05, 4.69) is 33.0 Å². The number of carbonyl (C=O) groups is 2. The second kappa shape index (κ2) is 14.1. The van der Waals surface area contributed by atoms with Gasteiger partial charge in [0.2, 0.25) is 5.91 Å². The van der Waals surface area contributed by atoms with E-state index in [9.17, 15) is 14.4 Å². The number of pyridine rings is 1. The third kappa shape index (κ3) is 6.28. The molecule has 2 aromatic carbocycles. The van der Waals surface area contributed by atoms with Crippen LogP contribution in [0.25, 0.3) is 16.7 Å². The summed E-state index contributed by atoms with van der Waals surface area (Å²) in [4.78, 5) is 54.4. The number of para-hydroxylation sites is 2. The molecule has 5 aliphatic rings. The third-order valence-corrected chi connectivity index (χ3v) is 11.8. The van der Waals surface area contributed by atoms with E-state index in [0.717, 1.165) is 124 Å². The van der Waals surface area contributed by atoms with Gasteiger partial charge in [-0.2, -0.15) is 0 Å². The van der Waals surface area contributed by atoms with Gasteiger partial charge in [-0.1, -0.05) is 30.3 Å². The molecule has 4 fully saturated rings. The number of nitrogens with zero attached hydrogens (tertiary/aromatic N) is 7. The first-order valence-corrected chi connectivity index (χ1v) is 19.2. The van der Waals surface area contributed by atoms with Crippen molar-refractivity contribution in [2.75, 3.05) is 63.9 Å². The normalized spacial score (nSPS) is 20.7. The monoisotopic (exact) mass is 701 g/mol. The highest BCUT2D eigenvalue weighted by atomic mass is 16.5. The Kier molecular flexibility index (Phi) is 9.02. The fraction of sp³-hybridized carbons (Fsp3) is 0.463. The largest absolute Gasteiger partial charge is 0.379 e. The van der Waals surface area contributed by atoms with Crippen molar-refractivity contribution in [2.45, 2.75) is 57.7 Å². The Labute approximate surface area is 304 Å². The van der Waals surface area contributed by atoms with Crippen LogP contribution in [0.5, 0.6) is 0 Å². The molecule has 0 radical (unpaired) electrons. The third-order valence-electron chi connectivity index (χ3n) is 11.8. The predicted octanol–water partition coefficient (Wildman–Crippen LogP) is 4.77. The maximum atomic E-state index is 13.8. The summed E-state index contributed by atoms with van der Waals surface area (Å²) in [7, 11) is 0. The number of fused-ring (bicyclic) bond motifs is 2. The van der Waals surface area contributed by atoms with Gasteiger partial charge in [0.15, 0.2) is 0 Å². The van der Waals surface area contributed by atoms with Crippen molar-refractivity contribution in [1.82, 2.24) is 28.8 Å². The average Bonchev–Trinajstić information content (AvgIpc) is 3.93. The Morgan fingerprint density at radius 3 is 2.23 bits per heavy atom. The number of morpholine rings is 1. The summed E-state index contributed by atoms with van der Waals surface area (Å²) in [6.07, 6.45) is 7.12. The number of carbonyl (C=O) groups excluding carboxylic acids is 2. The van der Waals surface area contributed by atoms with Crippen LogP contribution < -0.4 is 10.6 Å². The number of hydrogen-bond donors (Lipinski definition) is 0. The number of rotatable bonds is 8. The number of piperidine rings is 2. The van der Waals surface area contributed by atoms with Gasteiger partial charge in [0.1, 0.15) is 5.82 Å². The first-order chi connectivity index (χ1) is 25.5. The standard InChI is InChI=1S/C41H47N7O4/c49-39(45-19-14-32(15-20-45)47-36-8-4-3-7-35(36)46(41(47)51)22-21-43-23-25-52-26-24-43)31-12-17-44(18-13-31)28-29-11-16-42-37(27-29)48-38(30-9-10-30)33-5-1-2-6-34(33)40(48)50/h1-8,11,16,27,31-32H,9-10,12-15,17-26,28H2. The Morgan fingerprint density at radius 2 is 1.48 bits per heavy atom. The summed E-state index contributed by atoms with van der Waals surface area (Å²) >= 11 is 0. The second-order valence-electron chi connectivity index (χ2n) is 15.0. The highest BCUT2D eigenvalue weighted by Crippen LogP contribution is 2.45. The van der Waals surface area contributed by atoms with Crippen molar-refractivity contribution < 1.29 is 14.3 Å². The van der Waals surface area contributed by atoms with Crippen LogP contribution in [0, 0.1) is 5.92 Å². The molecule has 3 saturated heterocycles. The highest BCUT2D eigenvalue weighted by molar-refractivity contribution is 6.22. The van der Waals surface area contributed by atoms with E-state index in [1.54, 1.807) is 0 Å². The van der Waals surface area contributed by atoms with Crippen molar-refractivity contribution in [3.8, 4) is 0 Å². The molecule has 1 aliphatic carbocycles. The van der Waals surface area contributed by atoms with Gasteiger partial charge >= 0.3 is 5.69 Å². The molecule has 4 aromatic rings. The lowest BCUT2D eigenvalue weighted by atomic mass is 9.93. The number of allylic oxidation sites excluding steroid dienone is 1. The summed E-state index contributed by atoms with van der Waals surface area (Å²) in [5.74, 6) is 0.967. The minimum atomic E-state index is -0.00342. The molecule has 11 nitrogen and oxygen atoms in total. The molecule has 0 atom stereocenters. The van der Waals surface area contributed by atoms with E-state index >= 15 is 0 Å². The number of hydrogen-bond acceptors (Lipinski definition) is 7. The van der Waals surface area contributed by atoms with E-state index < -0.39 is 0 Å². The molecule has 4 aliphatic heterocycles. The maximum absolute atomic E-state index is 13.8. The fourth-order valence-corrected chi connectivity index (χ4v) is 8.83. The molecule has 0 spiro atoms. The van der Waals surface area contributed by atoms with Gasteiger partial charge in [-0.25, -0.2) is 9.78 Å². The van der Waals surface area contributed by atoms with Crippen LogP contribution >= 0.6 is 0 Å². The predicted molar refractivity (Wildman–Crippen MR) is 200 cm³/mol. The summed E-state index contributed by atoms with van der Waals surface area (Å²) in [5.41, 5.74) is 7.26. The fourth-order valence-electron chi connectivity index (χ4n) is 8.83. The van der Waals surface area contributed by atoms with Crippen LogP contribution in [0.3, 0.4) is 0 Å². The molecular weight excluding hydrogens is 654 g/mol. The number of ether oxygens (including phenoxy) is 1. The SMILES string of the molecule is O=C(C1CCN(Cc2ccnc(N3C(=O)c4ccccc4C3=C3CC3)c2)CC1)N1CCC(n2c(=O)n(CCN3CCOCC3)c3ccccc32)CC1. The van der Waals surface area contributed by atoms with E-state index in [4.69, 9.17) is 4.74 Å². The van der Waals surface area contributed by atoms with Crippen molar-refractivity contribution >= 4 is 34.4 Å². The summed E-state index contributed by atoms with van der Waals surface area (Å²) in [6, 6.07) is 20.2. The second-order valence-corrected chi connectivity index (χ2v) is 15.0. The van der Waals surface area contributed by atoms with Crippen LogP contribution in [0.2, 0.25) is 0 Å². The lowest BCUT2D eigenvalue weighted by Crippen LogP contribution is -2.46. The number of anilines is 1. The molecule has 2 amide bonds. The van der Waals surface area contributed by atoms with Crippen LogP contribution in [-0.4, -0.2) is 99.7 Å². The van der Waals surface area contributed by atoms with Crippen molar-refractivity contribution in [2.24, 2.45) is 5.92 Å². The van der Waals surface area contributed by atoms with Gasteiger partial charge in [0.05, 0.1) is 29.9 Å². The first-order valence-electron chi connectivity index (χ1n) is 19.2. The van der Waals surface area contributed by atoms with Crippen LogP contribution in [0.4, 0.5) is 5.82 Å². The molecule has 6 heterocycles. The minimum Gasteiger partial charge on any atom is -0.379 e. The molecule has 0 unspecified atom stereocenters. The van der Waals surface area contributed by atoms with E-state index in [1.807, 2.05) is 67.6 Å². The first kappa shape index (κ1) is 33.3. The summed E-state index contributed by atoms with van der Waals surface area (Å²) < 4.78 is 9.44. The van der Waals surface area contributed by atoms with E-state index in [0.29, 0.717) is 25.5 Å². The Hall–Kier alpha value is -4.58. The molecule has 2 aromatic heterocycles. The van der Waals surface area contributed by atoms with Gasteiger partial charge in [0, 0.05) is 75.1 Å². The zero-order valence-corrected chi connectivity index (χ0v) is 29.8. The van der Waals surface area contributed by atoms with Crippen molar-refractivity contribution in [1.29, 1.82) is 0 Å². The summed E-state index contributed by atoms with van der Waals surface area (Å²) in [6.45, 7) is 8.64. The molecule has 1 saturated carbocycles. The number of likely N-dealkylation sites (tertiary alicyclic amines) is 2. The topological polar surface area (TPSA) is 96.2 Å². The van der Waals surface area contributed by atoms with Gasteiger partial charge in [-0.05, 0) is 93.1 Å². The molecule has 11 heteroatoms. The molecular formula is C41H47N7O4. The highest BCUT2D eigenvalue weighted by Gasteiger charge is 2.38. The minimum absolute atomic E-state index is 0.00342. The number of aromatic nitrogens is 3. The maximum Gasteiger partial charge on any atom is 0.329 e. The molecule has 52 heavy (non-hydrogen) atoms. The number of amides is 2. The number of imidazole rings is 1. The van der Waals surface area contributed by atoms with E-state index in [-0.39, 0.29) is 29.5 Å². The van der Waals surface area contributed by atoms with Gasteiger partial charge in [-0.3, -0.25) is 33.4 Å². The number of benzene rings is 2. The lowest BCUT2D eigenvalue weighted by molar-refractivity contribution is -0.138. The Morgan fingerprint density at radius 1 is 0.769 bits per heavy atom. The van der Waals surface area contributed by atoms with E-state index in [1.165, 1.54) is 5.57 Å². The van der Waals surface area contributed by atoms with Gasteiger partial charge in [-0.15, -0.1) is 0 Å². The Balaban J connectivity index is 0.802. The van der Waals surface area contributed by atoms with Gasteiger partial charge in [0.25, 0.3) is 5.91 Å². The lowest BCUT2D eigenvalue weighted by Gasteiger charge is -2.37. The quantitative estimate of drug-likeness (QED) is 0.261. The molecule has 270 valence electrons.